The van der Waals surface area contributed by atoms with E-state index in [0.717, 1.165) is 0 Å². The highest BCUT2D eigenvalue weighted by Gasteiger charge is 2.27. The SMILES string of the molecule is CC(CC(=O)O)C(=O)[O-].c1ccc([S+](c2ccccc2)c2ccccc2)cc1. The molecule has 0 aromatic heterocycles. The van der Waals surface area contributed by atoms with Crippen molar-refractivity contribution in [3.05, 3.63) is 91.0 Å². The molecule has 0 amide bonds. The summed E-state index contributed by atoms with van der Waals surface area (Å²) in [4.78, 5) is 23.8. The Morgan fingerprint density at radius 3 is 1.32 bits per heavy atom. The van der Waals surface area contributed by atoms with Gasteiger partial charge in [-0.2, -0.15) is 0 Å². The second-order valence-electron chi connectivity index (χ2n) is 6.06. The Morgan fingerprint density at radius 1 is 0.786 bits per heavy atom. The number of hydrogen-bond acceptors (Lipinski definition) is 3. The van der Waals surface area contributed by atoms with Crippen molar-refractivity contribution in [3.63, 3.8) is 0 Å². The summed E-state index contributed by atoms with van der Waals surface area (Å²) < 4.78 is 0. The molecule has 3 rings (SSSR count). The van der Waals surface area contributed by atoms with Crippen molar-refractivity contribution in [2.75, 3.05) is 0 Å². The number of carbonyl (C=O) groups is 2. The van der Waals surface area contributed by atoms with Crippen LogP contribution < -0.4 is 5.11 Å². The van der Waals surface area contributed by atoms with Gasteiger partial charge in [0.2, 0.25) is 0 Å². The van der Waals surface area contributed by atoms with E-state index in [1.165, 1.54) is 21.6 Å². The van der Waals surface area contributed by atoms with Gasteiger partial charge in [0.05, 0.1) is 17.3 Å². The van der Waals surface area contributed by atoms with Gasteiger partial charge in [0.25, 0.3) is 0 Å². The van der Waals surface area contributed by atoms with Crippen LogP contribution in [-0.2, 0) is 20.5 Å². The highest BCUT2D eigenvalue weighted by Crippen LogP contribution is 2.30. The summed E-state index contributed by atoms with van der Waals surface area (Å²) in [7, 11) is -0.0146. The lowest BCUT2D eigenvalue weighted by Crippen LogP contribution is -2.30. The monoisotopic (exact) mass is 394 g/mol. The summed E-state index contributed by atoms with van der Waals surface area (Å²) in [5.74, 6) is -3.34. The fourth-order valence-electron chi connectivity index (χ4n) is 2.42. The van der Waals surface area contributed by atoms with Gasteiger partial charge in [-0.3, -0.25) is 4.79 Å². The summed E-state index contributed by atoms with van der Waals surface area (Å²) >= 11 is 0. The molecule has 3 aromatic carbocycles. The van der Waals surface area contributed by atoms with E-state index in [1.807, 2.05) is 0 Å². The number of carboxylic acids is 2. The third-order valence-corrected chi connectivity index (χ3v) is 6.05. The zero-order valence-corrected chi connectivity index (χ0v) is 16.3. The summed E-state index contributed by atoms with van der Waals surface area (Å²) in [6, 6.07) is 32.2. The summed E-state index contributed by atoms with van der Waals surface area (Å²) in [5, 5.41) is 17.9. The molecule has 0 aliphatic heterocycles. The molecule has 0 heterocycles. The number of benzene rings is 3. The van der Waals surface area contributed by atoms with Crippen LogP contribution in [-0.4, -0.2) is 17.0 Å². The molecule has 0 saturated carbocycles. The van der Waals surface area contributed by atoms with Crippen molar-refractivity contribution in [3.8, 4) is 0 Å². The fourth-order valence-corrected chi connectivity index (χ4v) is 4.53. The largest absolute Gasteiger partial charge is 0.550 e. The maximum absolute atomic E-state index is 9.86. The molecule has 0 radical (unpaired) electrons. The number of rotatable bonds is 6. The molecule has 0 bridgehead atoms. The van der Waals surface area contributed by atoms with Crippen LogP contribution in [0.4, 0.5) is 0 Å². The molecule has 0 fully saturated rings. The van der Waals surface area contributed by atoms with Crippen molar-refractivity contribution in [1.29, 1.82) is 0 Å². The summed E-state index contributed by atoms with van der Waals surface area (Å²) in [6.45, 7) is 1.30. The number of carboxylic acid groups (broad SMARTS) is 2. The lowest BCUT2D eigenvalue weighted by atomic mass is 10.1. The highest BCUT2D eigenvalue weighted by atomic mass is 32.2. The predicted molar refractivity (Wildman–Crippen MR) is 108 cm³/mol. The normalized spacial score (nSPS) is 11.2. The Balaban J connectivity index is 0.000000266. The quantitative estimate of drug-likeness (QED) is 0.648. The number of carbonyl (C=O) groups excluding carboxylic acids is 1. The molecule has 28 heavy (non-hydrogen) atoms. The molecule has 5 heteroatoms. The second-order valence-corrected chi connectivity index (χ2v) is 8.09. The lowest BCUT2D eigenvalue weighted by Gasteiger charge is -2.07. The van der Waals surface area contributed by atoms with Crippen LogP contribution in [0.3, 0.4) is 0 Å². The van der Waals surface area contributed by atoms with E-state index in [-0.39, 0.29) is 17.3 Å². The minimum Gasteiger partial charge on any atom is -0.550 e. The average Bonchev–Trinajstić information content (AvgIpc) is 2.71. The van der Waals surface area contributed by atoms with Crippen LogP contribution in [0.5, 0.6) is 0 Å². The highest BCUT2D eigenvalue weighted by molar-refractivity contribution is 7.97. The van der Waals surface area contributed by atoms with Crippen molar-refractivity contribution < 1.29 is 19.8 Å². The average molecular weight is 394 g/mol. The van der Waals surface area contributed by atoms with Gasteiger partial charge in [0, 0.05) is 11.9 Å². The van der Waals surface area contributed by atoms with Gasteiger partial charge in [-0.1, -0.05) is 61.5 Å². The first-order valence-electron chi connectivity index (χ1n) is 8.81. The first-order valence-corrected chi connectivity index (χ1v) is 10.0. The molecule has 0 saturated heterocycles. The van der Waals surface area contributed by atoms with E-state index in [4.69, 9.17) is 5.11 Å². The Kier molecular flexibility index (Phi) is 8.31. The van der Waals surface area contributed by atoms with Crippen molar-refractivity contribution in [2.24, 2.45) is 5.92 Å². The second kappa shape index (κ2) is 10.9. The minimum absolute atomic E-state index is 0.0146. The summed E-state index contributed by atoms with van der Waals surface area (Å²) in [5.41, 5.74) is 0. The molecular weight excluding hydrogens is 372 g/mol. The summed E-state index contributed by atoms with van der Waals surface area (Å²) in [6.07, 6.45) is -0.373. The maximum atomic E-state index is 9.86. The standard InChI is InChI=1S/C18H15S.C5H8O4/c1-4-10-16(11-5-1)19(17-12-6-2-7-13-17)18-14-8-3-9-15-18;1-3(5(8)9)2-4(6)7/h1-15H;3H,2H2,1H3,(H,6,7)(H,8,9)/q+1;/p-1. The molecule has 0 aliphatic rings. The van der Waals surface area contributed by atoms with Gasteiger partial charge in [-0.25, -0.2) is 0 Å². The minimum atomic E-state index is -1.32. The molecule has 0 spiro atoms. The Hall–Kier alpha value is -3.05. The number of aliphatic carboxylic acids is 2. The molecule has 1 N–H and O–H groups in total. The van der Waals surface area contributed by atoms with Gasteiger partial charge >= 0.3 is 5.97 Å². The van der Waals surface area contributed by atoms with Gasteiger partial charge in [-0.05, 0) is 36.4 Å². The third-order valence-electron chi connectivity index (χ3n) is 3.82. The smallest absolute Gasteiger partial charge is 0.303 e. The van der Waals surface area contributed by atoms with E-state index < -0.39 is 17.9 Å². The van der Waals surface area contributed by atoms with Crippen LogP contribution in [0, 0.1) is 5.92 Å². The van der Waals surface area contributed by atoms with E-state index in [2.05, 4.69) is 91.0 Å². The van der Waals surface area contributed by atoms with Gasteiger partial charge in [0.15, 0.2) is 14.7 Å². The van der Waals surface area contributed by atoms with Gasteiger partial charge < -0.3 is 15.0 Å². The zero-order valence-electron chi connectivity index (χ0n) is 15.5. The predicted octanol–water partition coefficient (Wildman–Crippen LogP) is 3.63. The Morgan fingerprint density at radius 2 is 1.11 bits per heavy atom. The van der Waals surface area contributed by atoms with E-state index in [0.29, 0.717) is 0 Å². The molecule has 144 valence electrons. The fraction of sp³-hybridized carbons (Fsp3) is 0.130. The Bertz CT molecular complexity index is 773. The van der Waals surface area contributed by atoms with Crippen LogP contribution in [0.2, 0.25) is 0 Å². The van der Waals surface area contributed by atoms with Crippen LogP contribution >= 0.6 is 0 Å². The van der Waals surface area contributed by atoms with E-state index in [9.17, 15) is 14.7 Å². The zero-order chi connectivity index (χ0) is 20.4. The van der Waals surface area contributed by atoms with E-state index in [1.54, 1.807) is 0 Å². The molecular formula is C23H22O4S. The molecule has 1 unspecified atom stereocenters. The van der Waals surface area contributed by atoms with Crippen LogP contribution in [0.1, 0.15) is 13.3 Å². The lowest BCUT2D eigenvalue weighted by molar-refractivity contribution is -0.311. The van der Waals surface area contributed by atoms with Crippen molar-refractivity contribution in [2.45, 2.75) is 28.0 Å². The third kappa shape index (κ3) is 6.59. The molecule has 0 aliphatic carbocycles. The molecule has 4 nitrogen and oxygen atoms in total. The van der Waals surface area contributed by atoms with E-state index >= 15 is 0 Å². The van der Waals surface area contributed by atoms with Crippen molar-refractivity contribution in [1.82, 2.24) is 0 Å². The van der Waals surface area contributed by atoms with Gasteiger partial charge in [-0.15, -0.1) is 0 Å². The van der Waals surface area contributed by atoms with Crippen LogP contribution in [0.15, 0.2) is 106 Å². The first-order chi connectivity index (χ1) is 13.5. The first kappa shape index (κ1) is 21.3. The topological polar surface area (TPSA) is 77.4 Å². The number of hydrogen-bond donors (Lipinski definition) is 1. The molecule has 3 aromatic rings. The van der Waals surface area contributed by atoms with Crippen molar-refractivity contribution >= 4 is 22.8 Å². The van der Waals surface area contributed by atoms with Crippen LogP contribution in [0.25, 0.3) is 0 Å². The Labute approximate surface area is 167 Å². The molecule has 1 atom stereocenters. The maximum Gasteiger partial charge on any atom is 0.303 e. The van der Waals surface area contributed by atoms with Gasteiger partial charge in [0.1, 0.15) is 0 Å².